The van der Waals surface area contributed by atoms with Gasteiger partial charge in [0.1, 0.15) is 35.6 Å². The lowest BCUT2D eigenvalue weighted by molar-refractivity contribution is -0.237. The monoisotopic (exact) mass is 720 g/mol. The third-order valence-corrected chi connectivity index (χ3v) is 7.83. The zero-order valence-electron chi connectivity index (χ0n) is 31.0. The Hall–Kier alpha value is -4.49. The van der Waals surface area contributed by atoms with Crippen LogP contribution >= 0.6 is 0 Å². The molecule has 1 fully saturated rings. The summed E-state index contributed by atoms with van der Waals surface area (Å²) in [5, 5.41) is 5.52. The van der Waals surface area contributed by atoms with E-state index < -0.39 is 65.9 Å². The van der Waals surface area contributed by atoms with E-state index in [1.54, 1.807) is 41.5 Å². The van der Waals surface area contributed by atoms with Crippen LogP contribution in [0.15, 0.2) is 91.0 Å². The number of rotatable bonds is 14. The number of hydrogen-bond donors (Lipinski definition) is 2. The largest absolute Gasteiger partial charge is 0.467 e. The average molecular weight is 721 g/mol. The van der Waals surface area contributed by atoms with Crippen molar-refractivity contribution in [3.63, 3.8) is 0 Å². The maximum absolute atomic E-state index is 13.5. The number of nitrogens with one attached hydrogen (secondary N) is 2. The van der Waals surface area contributed by atoms with Crippen molar-refractivity contribution in [3.05, 3.63) is 108 Å². The number of ether oxygens (including phenoxy) is 7. The zero-order chi connectivity index (χ0) is 37.7. The van der Waals surface area contributed by atoms with E-state index in [-0.39, 0.29) is 26.4 Å². The molecule has 0 bridgehead atoms. The van der Waals surface area contributed by atoms with Crippen LogP contribution in [-0.4, -0.2) is 79.6 Å². The molecule has 0 unspecified atom stereocenters. The fourth-order valence-corrected chi connectivity index (χ4v) is 5.63. The number of carbonyl (C=O) groups is 3. The number of methoxy groups -OCH3 is 1. The zero-order valence-corrected chi connectivity index (χ0v) is 31.0. The maximum atomic E-state index is 13.5. The van der Waals surface area contributed by atoms with E-state index in [0.717, 1.165) is 16.7 Å². The Bertz CT molecular complexity index is 1540. The molecule has 0 aliphatic carbocycles. The second-order valence-corrected chi connectivity index (χ2v) is 14.5. The summed E-state index contributed by atoms with van der Waals surface area (Å²) >= 11 is 0. The molecule has 12 nitrogen and oxygen atoms in total. The highest BCUT2D eigenvalue weighted by Crippen LogP contribution is 2.31. The normalized spacial score (nSPS) is 21.0. The Morgan fingerprint density at radius 1 is 0.673 bits per heavy atom. The second-order valence-electron chi connectivity index (χ2n) is 14.5. The molecule has 0 spiro atoms. The minimum absolute atomic E-state index is 0.00946. The smallest absolute Gasteiger partial charge is 0.408 e. The first-order valence-electron chi connectivity index (χ1n) is 17.4. The van der Waals surface area contributed by atoms with Crippen molar-refractivity contribution in [2.45, 2.75) is 109 Å². The van der Waals surface area contributed by atoms with Gasteiger partial charge < -0.3 is 43.8 Å². The lowest BCUT2D eigenvalue weighted by Gasteiger charge is -2.48. The first-order valence-corrected chi connectivity index (χ1v) is 17.4. The number of esters is 1. The fourth-order valence-electron chi connectivity index (χ4n) is 5.63. The van der Waals surface area contributed by atoms with Gasteiger partial charge in [0.25, 0.3) is 0 Å². The summed E-state index contributed by atoms with van der Waals surface area (Å²) in [6.45, 7) is 10.9. The molecule has 3 aromatic rings. The molecule has 4 rings (SSSR count). The minimum Gasteiger partial charge on any atom is -0.467 e. The van der Waals surface area contributed by atoms with Gasteiger partial charge in [-0.05, 0) is 58.2 Å². The Kier molecular flexibility index (Phi) is 14.6. The fraction of sp³-hybridized carbons (Fsp3) is 0.475. The highest BCUT2D eigenvalue weighted by atomic mass is 16.6. The van der Waals surface area contributed by atoms with Gasteiger partial charge >= 0.3 is 18.2 Å². The quantitative estimate of drug-likeness (QED) is 0.148. The van der Waals surface area contributed by atoms with E-state index in [2.05, 4.69) is 10.6 Å². The number of amides is 2. The van der Waals surface area contributed by atoms with E-state index in [9.17, 15) is 14.4 Å². The minimum atomic E-state index is -1.46. The highest BCUT2D eigenvalue weighted by molar-refractivity contribution is 5.82. The van der Waals surface area contributed by atoms with Crippen LogP contribution < -0.4 is 10.6 Å². The van der Waals surface area contributed by atoms with E-state index in [1.165, 1.54) is 7.11 Å². The predicted octanol–water partition coefficient (Wildman–Crippen LogP) is 6.10. The van der Waals surface area contributed by atoms with Gasteiger partial charge in [0.15, 0.2) is 6.04 Å². The van der Waals surface area contributed by atoms with Crippen LogP contribution in [-0.2, 0) is 57.8 Å². The number of alkyl carbamates (subject to hydrolysis) is 2. The SMILES string of the molecule is COC(=O)[C@H](NC(=O)OC(C)(C)C)[C@H]1O[C@H](COCc2ccccc2)[C@H](OCc2ccccc2)[C@H](OCc2ccccc2)[C@H]1NC(=O)OC(C)(C)C. The molecule has 1 heterocycles. The first kappa shape index (κ1) is 40.3. The maximum Gasteiger partial charge on any atom is 0.408 e. The van der Waals surface area contributed by atoms with E-state index >= 15 is 0 Å². The third-order valence-electron chi connectivity index (χ3n) is 7.83. The van der Waals surface area contributed by atoms with Crippen LogP contribution in [0.4, 0.5) is 9.59 Å². The topological polar surface area (TPSA) is 140 Å². The van der Waals surface area contributed by atoms with Crippen molar-refractivity contribution in [3.8, 4) is 0 Å². The molecule has 282 valence electrons. The number of carbonyl (C=O) groups excluding carboxylic acids is 3. The van der Waals surface area contributed by atoms with Crippen molar-refractivity contribution in [2.75, 3.05) is 13.7 Å². The molecule has 0 radical (unpaired) electrons. The summed E-state index contributed by atoms with van der Waals surface area (Å²) in [5.74, 6) is -0.832. The predicted molar refractivity (Wildman–Crippen MR) is 193 cm³/mol. The average Bonchev–Trinajstić information content (AvgIpc) is 3.09. The van der Waals surface area contributed by atoms with Crippen molar-refractivity contribution < 1.29 is 47.5 Å². The van der Waals surface area contributed by atoms with Crippen LogP contribution in [0.5, 0.6) is 0 Å². The van der Waals surface area contributed by atoms with E-state index in [0.29, 0.717) is 0 Å². The molecule has 1 aliphatic rings. The summed E-state index contributed by atoms with van der Waals surface area (Å²) in [7, 11) is 1.20. The van der Waals surface area contributed by atoms with Gasteiger partial charge in [0, 0.05) is 0 Å². The van der Waals surface area contributed by atoms with Crippen molar-refractivity contribution in [2.24, 2.45) is 0 Å². The summed E-state index contributed by atoms with van der Waals surface area (Å²) in [6.07, 6.45) is -5.62. The lowest BCUT2D eigenvalue weighted by Crippen LogP contribution is -2.71. The molecule has 0 saturated carbocycles. The Morgan fingerprint density at radius 2 is 1.13 bits per heavy atom. The number of hydrogen-bond acceptors (Lipinski definition) is 10. The molecule has 12 heteroatoms. The van der Waals surface area contributed by atoms with Gasteiger partial charge in [-0.15, -0.1) is 0 Å². The summed E-state index contributed by atoms with van der Waals surface area (Å²) in [4.78, 5) is 40.2. The molecule has 2 N–H and O–H groups in total. The van der Waals surface area contributed by atoms with Gasteiger partial charge in [0.2, 0.25) is 0 Å². The summed E-state index contributed by atoms with van der Waals surface area (Å²) in [6, 6.07) is 26.2. The van der Waals surface area contributed by atoms with Crippen molar-refractivity contribution in [1.29, 1.82) is 0 Å². The van der Waals surface area contributed by atoms with E-state index in [4.69, 9.17) is 33.2 Å². The van der Waals surface area contributed by atoms with Crippen LogP contribution in [0.1, 0.15) is 58.2 Å². The molecule has 6 atom stereocenters. The molecular formula is C40H52N2O10. The Balaban J connectivity index is 1.79. The van der Waals surface area contributed by atoms with Gasteiger partial charge in [-0.3, -0.25) is 0 Å². The van der Waals surface area contributed by atoms with Crippen LogP contribution in [0.2, 0.25) is 0 Å². The third kappa shape index (κ3) is 12.9. The molecule has 3 aromatic carbocycles. The second kappa shape index (κ2) is 18.8. The van der Waals surface area contributed by atoms with Gasteiger partial charge in [-0.1, -0.05) is 91.0 Å². The van der Waals surface area contributed by atoms with Crippen molar-refractivity contribution >= 4 is 18.2 Å². The van der Waals surface area contributed by atoms with Crippen LogP contribution in [0.25, 0.3) is 0 Å². The van der Waals surface area contributed by atoms with Crippen molar-refractivity contribution in [1.82, 2.24) is 10.6 Å². The standard InChI is InChI=1S/C40H52N2O10/c1-39(2,3)51-37(44)41-31-34(32(36(43)46-7)42-38(45)52-40(4,5)6)50-30(26-47-23-27-17-11-8-12-18-27)33(48-24-28-19-13-9-14-20-28)35(31)49-25-29-21-15-10-16-22-29/h8-22,30-35H,23-26H2,1-7H3,(H,41,44)(H,42,45)/t30-,31+,32-,33+,34+,35-/m1/s1. The van der Waals surface area contributed by atoms with Gasteiger partial charge in [0.05, 0.1) is 39.6 Å². The molecule has 52 heavy (non-hydrogen) atoms. The molecule has 1 aliphatic heterocycles. The highest BCUT2D eigenvalue weighted by Gasteiger charge is 2.53. The molecular weight excluding hydrogens is 668 g/mol. The number of benzene rings is 3. The summed E-state index contributed by atoms with van der Waals surface area (Å²) in [5.41, 5.74) is 0.959. The van der Waals surface area contributed by atoms with Gasteiger partial charge in [-0.2, -0.15) is 0 Å². The van der Waals surface area contributed by atoms with Crippen LogP contribution in [0.3, 0.4) is 0 Å². The lowest BCUT2D eigenvalue weighted by atomic mass is 9.88. The first-order chi connectivity index (χ1) is 24.7. The van der Waals surface area contributed by atoms with Crippen LogP contribution in [0, 0.1) is 0 Å². The Morgan fingerprint density at radius 3 is 1.62 bits per heavy atom. The Labute approximate surface area is 306 Å². The molecule has 0 aromatic heterocycles. The van der Waals surface area contributed by atoms with E-state index in [1.807, 2.05) is 91.0 Å². The molecule has 1 saturated heterocycles. The van der Waals surface area contributed by atoms with Gasteiger partial charge in [-0.25, -0.2) is 14.4 Å². The molecule has 2 amide bonds. The summed E-state index contributed by atoms with van der Waals surface area (Å²) < 4.78 is 42.5.